The van der Waals surface area contributed by atoms with Crippen LogP contribution in [-0.2, 0) is 25.5 Å². The number of hydrogen-bond donors (Lipinski definition) is 2. The van der Waals surface area contributed by atoms with E-state index in [1.54, 1.807) is 6.07 Å². The third kappa shape index (κ3) is 4.13. The van der Waals surface area contributed by atoms with E-state index in [1.807, 2.05) is 52.0 Å². The molecular weight excluding hydrogens is 501 g/mol. The molecule has 1 aromatic carbocycles. The van der Waals surface area contributed by atoms with E-state index >= 15 is 0 Å². The van der Waals surface area contributed by atoms with E-state index in [9.17, 15) is 10.2 Å². The van der Waals surface area contributed by atoms with Crippen LogP contribution in [0, 0.1) is 0 Å². The highest BCUT2D eigenvalue weighted by Gasteiger charge is 2.52. The van der Waals surface area contributed by atoms with Crippen molar-refractivity contribution in [1.29, 1.82) is 0 Å². The van der Waals surface area contributed by atoms with E-state index in [4.69, 9.17) is 40.1 Å². The zero-order valence-electron chi connectivity index (χ0n) is 21.1. The second kappa shape index (κ2) is 8.91. The maximum atomic E-state index is 10.1. The monoisotopic (exact) mass is 529 g/mol. The molecule has 3 aliphatic rings. The Hall–Kier alpha value is -2.25. The predicted octanol–water partition coefficient (Wildman–Crippen LogP) is 1.91. The van der Waals surface area contributed by atoms with Crippen molar-refractivity contribution in [2.75, 3.05) is 13.2 Å². The molecule has 0 bridgehead atoms. The summed E-state index contributed by atoms with van der Waals surface area (Å²) in [5, 5.41) is 20.5. The molecule has 12 heteroatoms. The Bertz CT molecular complexity index is 1320. The number of aliphatic hydroxyl groups excluding tert-OH is 2. The minimum absolute atomic E-state index is 0.175. The highest BCUT2D eigenvalue weighted by molar-refractivity contribution is 6.62. The van der Waals surface area contributed by atoms with Gasteiger partial charge in [0.05, 0.1) is 35.1 Å². The van der Waals surface area contributed by atoms with Gasteiger partial charge in [-0.2, -0.15) is 4.98 Å². The van der Waals surface area contributed by atoms with Gasteiger partial charge in [0.1, 0.15) is 30.6 Å². The van der Waals surface area contributed by atoms with Crippen molar-refractivity contribution >= 4 is 35.3 Å². The van der Waals surface area contributed by atoms with Gasteiger partial charge in [-0.15, -0.1) is 0 Å². The van der Waals surface area contributed by atoms with Gasteiger partial charge in [0.25, 0.3) is 0 Å². The molecule has 3 aliphatic heterocycles. The third-order valence-corrected chi connectivity index (χ3v) is 8.02. The molecule has 4 atom stereocenters. The van der Waals surface area contributed by atoms with Crippen LogP contribution in [0.25, 0.3) is 22.4 Å². The summed E-state index contributed by atoms with van der Waals surface area (Å²) in [6, 6.07) is 9.57. The molecule has 2 aromatic heterocycles. The summed E-state index contributed by atoms with van der Waals surface area (Å²) in [4.78, 5) is 9.22. The molecule has 1 unspecified atom stereocenters. The number of pyridine rings is 1. The van der Waals surface area contributed by atoms with Gasteiger partial charge >= 0.3 is 13.1 Å². The van der Waals surface area contributed by atoms with Gasteiger partial charge in [-0.25, -0.2) is 4.98 Å². The van der Waals surface area contributed by atoms with Crippen LogP contribution >= 0.6 is 11.6 Å². The number of aliphatic hydroxyl groups is 2. The summed E-state index contributed by atoms with van der Waals surface area (Å²) >= 11 is 6.61. The van der Waals surface area contributed by atoms with Gasteiger partial charge in [-0.1, -0.05) is 35.9 Å². The number of fused-ring (bicyclic) bond motifs is 2. The van der Waals surface area contributed by atoms with E-state index in [-0.39, 0.29) is 19.2 Å². The van der Waals surface area contributed by atoms with Crippen molar-refractivity contribution in [3.8, 4) is 17.3 Å². The Morgan fingerprint density at radius 1 is 1.05 bits per heavy atom. The van der Waals surface area contributed by atoms with Gasteiger partial charge in [0, 0.05) is 5.56 Å². The van der Waals surface area contributed by atoms with E-state index in [2.05, 4.69) is 4.98 Å². The summed E-state index contributed by atoms with van der Waals surface area (Å²) in [6.45, 7) is 8.12. The Kier molecular flexibility index (Phi) is 6.03. The zero-order valence-corrected chi connectivity index (χ0v) is 21.8. The van der Waals surface area contributed by atoms with Crippen molar-refractivity contribution in [3.63, 3.8) is 0 Å². The number of nitrogens with zero attached hydrogens (tertiary/aromatic N) is 3. The smallest absolute Gasteiger partial charge is 0.456 e. The highest BCUT2D eigenvalue weighted by Crippen LogP contribution is 2.37. The summed E-state index contributed by atoms with van der Waals surface area (Å²) in [5.41, 5.74) is 2.28. The molecule has 10 nitrogen and oxygen atoms in total. The number of aromatic nitrogens is 3. The lowest BCUT2D eigenvalue weighted by Gasteiger charge is -2.32. The first-order chi connectivity index (χ1) is 17.6. The standard InChI is InChI=1S/C25H29BClN3O7/c1-24(2)25(3,4)37-26(36-24)14-7-5-13(6-8-14)19-15(27)9-16-22(29-19)30(12-31)23(28-16)35-18-11-34-20-17(32)10-33-21(18)20/h5-9,17-18,20-21,31-32H,10-12H2,1-4H3/t17-,18?,20-,21-/m1/s1. The molecule has 3 aromatic rings. The minimum atomic E-state index is -0.686. The predicted molar refractivity (Wildman–Crippen MR) is 136 cm³/mol. The fourth-order valence-electron chi connectivity index (χ4n) is 4.88. The number of ether oxygens (including phenoxy) is 3. The molecule has 3 saturated heterocycles. The third-order valence-electron chi connectivity index (χ3n) is 7.73. The van der Waals surface area contributed by atoms with Crippen molar-refractivity contribution in [2.24, 2.45) is 0 Å². The van der Waals surface area contributed by atoms with Crippen molar-refractivity contribution < 1.29 is 33.7 Å². The molecular formula is C25H29BClN3O7. The van der Waals surface area contributed by atoms with Crippen LogP contribution in [0.5, 0.6) is 6.01 Å². The SMILES string of the molecule is CC1(C)OB(c2ccc(-c3nc4c(cc3Cl)nc(OC3CO[C@@H]5[C@H](O)CO[C@H]35)n4CO)cc2)OC1(C)C. The largest absolute Gasteiger partial charge is 0.494 e. The van der Waals surface area contributed by atoms with Crippen molar-refractivity contribution in [1.82, 2.24) is 14.5 Å². The quantitative estimate of drug-likeness (QED) is 0.478. The molecule has 37 heavy (non-hydrogen) atoms. The minimum Gasteiger partial charge on any atom is -0.456 e. The molecule has 196 valence electrons. The maximum absolute atomic E-state index is 10.1. The van der Waals surface area contributed by atoms with E-state index < -0.39 is 49.5 Å². The molecule has 6 rings (SSSR count). The Morgan fingerprint density at radius 2 is 1.73 bits per heavy atom. The molecule has 0 saturated carbocycles. The summed E-state index contributed by atoms with van der Waals surface area (Å²) in [6.07, 6.45) is -2.00. The Labute approximate surface area is 219 Å². The maximum Gasteiger partial charge on any atom is 0.494 e. The van der Waals surface area contributed by atoms with Gasteiger partial charge < -0.3 is 33.7 Å². The van der Waals surface area contributed by atoms with Crippen LogP contribution in [-0.4, -0.2) is 80.7 Å². The zero-order chi connectivity index (χ0) is 26.1. The Morgan fingerprint density at radius 3 is 2.41 bits per heavy atom. The number of hydrogen-bond acceptors (Lipinski definition) is 9. The topological polar surface area (TPSA) is 117 Å². The molecule has 0 radical (unpaired) electrons. The molecule has 2 N–H and O–H groups in total. The van der Waals surface area contributed by atoms with Crippen LogP contribution in [0.3, 0.4) is 0 Å². The van der Waals surface area contributed by atoms with Crippen LogP contribution < -0.4 is 10.2 Å². The average Bonchev–Trinajstić information content (AvgIpc) is 3.56. The van der Waals surface area contributed by atoms with Crippen LogP contribution in [0.1, 0.15) is 27.7 Å². The summed E-state index contributed by atoms with van der Waals surface area (Å²) < 4.78 is 31.1. The average molecular weight is 530 g/mol. The van der Waals surface area contributed by atoms with E-state index in [1.165, 1.54) is 4.57 Å². The van der Waals surface area contributed by atoms with E-state index in [0.717, 1.165) is 11.0 Å². The second-order valence-electron chi connectivity index (χ2n) is 10.7. The van der Waals surface area contributed by atoms with Crippen molar-refractivity contribution in [3.05, 3.63) is 35.4 Å². The highest BCUT2D eigenvalue weighted by atomic mass is 35.5. The summed E-state index contributed by atoms with van der Waals surface area (Å²) in [5.74, 6) is 0. The number of benzene rings is 1. The van der Waals surface area contributed by atoms with Crippen LogP contribution in [0.2, 0.25) is 5.02 Å². The number of halogens is 1. The lowest BCUT2D eigenvalue weighted by molar-refractivity contribution is 0.00505. The molecule has 0 amide bonds. The van der Waals surface area contributed by atoms with Crippen molar-refractivity contribution in [2.45, 2.75) is 70.0 Å². The van der Waals surface area contributed by atoms with Crippen LogP contribution in [0.4, 0.5) is 0 Å². The van der Waals surface area contributed by atoms with E-state index in [0.29, 0.717) is 21.9 Å². The number of imidazole rings is 1. The lowest BCUT2D eigenvalue weighted by Crippen LogP contribution is -2.41. The van der Waals surface area contributed by atoms with Gasteiger partial charge in [0.15, 0.2) is 11.8 Å². The second-order valence-corrected chi connectivity index (χ2v) is 11.1. The molecule has 5 heterocycles. The summed E-state index contributed by atoms with van der Waals surface area (Å²) in [7, 11) is -0.468. The molecule has 0 aliphatic carbocycles. The molecule has 0 spiro atoms. The van der Waals surface area contributed by atoms with Gasteiger partial charge in [-0.05, 0) is 39.2 Å². The van der Waals surface area contributed by atoms with Gasteiger partial charge in [0.2, 0.25) is 0 Å². The van der Waals surface area contributed by atoms with Crippen LogP contribution in [0.15, 0.2) is 30.3 Å². The normalized spacial score (nSPS) is 28.2. The first kappa shape index (κ1) is 25.1. The first-order valence-corrected chi connectivity index (χ1v) is 12.7. The number of rotatable bonds is 5. The fourth-order valence-corrected chi connectivity index (χ4v) is 5.14. The van der Waals surface area contributed by atoms with Gasteiger partial charge in [-0.3, -0.25) is 4.57 Å². The first-order valence-electron chi connectivity index (χ1n) is 12.3. The lowest BCUT2D eigenvalue weighted by atomic mass is 9.79. The fraction of sp³-hybridized carbons (Fsp3) is 0.520. The Balaban J connectivity index is 1.28. The molecule has 3 fully saturated rings.